The predicted molar refractivity (Wildman–Crippen MR) is 102 cm³/mol. The van der Waals surface area contributed by atoms with Gasteiger partial charge in [0.05, 0.1) is 0 Å². The number of likely N-dealkylation sites (N-methyl/N-ethyl adjacent to an activating group) is 1. The number of anilines is 1. The van der Waals surface area contributed by atoms with E-state index in [0.29, 0.717) is 10.8 Å². The summed E-state index contributed by atoms with van der Waals surface area (Å²) in [6.45, 7) is 14.3. The van der Waals surface area contributed by atoms with E-state index in [1.807, 2.05) is 18.0 Å². The van der Waals surface area contributed by atoms with E-state index in [4.69, 9.17) is 0 Å². The highest BCUT2D eigenvalue weighted by Crippen LogP contribution is 2.23. The molecule has 130 valence electrons. The van der Waals surface area contributed by atoms with Crippen molar-refractivity contribution in [2.45, 2.75) is 45.0 Å². The molecule has 1 fully saturated rings. The van der Waals surface area contributed by atoms with E-state index in [0.717, 1.165) is 44.3 Å². The number of hydrogen-bond acceptors (Lipinski definition) is 5. The van der Waals surface area contributed by atoms with Crippen LogP contribution in [0.1, 0.15) is 33.3 Å². The van der Waals surface area contributed by atoms with E-state index in [9.17, 15) is 0 Å². The largest absolute Gasteiger partial charge is 0.354 e. The zero-order valence-corrected chi connectivity index (χ0v) is 16.1. The van der Waals surface area contributed by atoms with Gasteiger partial charge in [-0.3, -0.25) is 0 Å². The number of hydrogen-bond donors (Lipinski definition) is 1. The SMILES string of the molecule is C[C@H](CSC(C)(C)C)NCc1ccc(N2CCN(C)CC2)nc1. The van der Waals surface area contributed by atoms with Crippen LogP contribution >= 0.6 is 11.8 Å². The highest BCUT2D eigenvalue weighted by molar-refractivity contribution is 8.00. The molecule has 0 aromatic carbocycles. The molecule has 0 radical (unpaired) electrons. The van der Waals surface area contributed by atoms with Crippen molar-refractivity contribution in [1.82, 2.24) is 15.2 Å². The number of rotatable bonds is 6. The zero-order chi connectivity index (χ0) is 16.9. The maximum atomic E-state index is 4.65. The van der Waals surface area contributed by atoms with Gasteiger partial charge in [0.2, 0.25) is 0 Å². The monoisotopic (exact) mass is 336 g/mol. The summed E-state index contributed by atoms with van der Waals surface area (Å²) in [5, 5.41) is 3.60. The molecule has 0 bridgehead atoms. The fourth-order valence-electron chi connectivity index (χ4n) is 2.47. The van der Waals surface area contributed by atoms with Crippen LogP contribution in [0.15, 0.2) is 18.3 Å². The number of nitrogens with zero attached hydrogens (tertiary/aromatic N) is 3. The molecule has 1 N–H and O–H groups in total. The molecule has 0 spiro atoms. The molecule has 23 heavy (non-hydrogen) atoms. The first-order valence-electron chi connectivity index (χ1n) is 8.59. The van der Waals surface area contributed by atoms with Crippen LogP contribution < -0.4 is 10.2 Å². The maximum Gasteiger partial charge on any atom is 0.128 e. The van der Waals surface area contributed by atoms with E-state index in [-0.39, 0.29) is 0 Å². The van der Waals surface area contributed by atoms with Crippen molar-refractivity contribution in [3.63, 3.8) is 0 Å². The average molecular weight is 337 g/mol. The Morgan fingerprint density at radius 3 is 2.48 bits per heavy atom. The second-order valence-electron chi connectivity index (χ2n) is 7.52. The molecule has 5 heteroatoms. The predicted octanol–water partition coefficient (Wildman–Crippen LogP) is 2.84. The number of piperazine rings is 1. The lowest BCUT2D eigenvalue weighted by molar-refractivity contribution is 0.312. The lowest BCUT2D eigenvalue weighted by Crippen LogP contribution is -2.44. The molecule has 0 aliphatic carbocycles. The van der Waals surface area contributed by atoms with Gasteiger partial charge in [-0.25, -0.2) is 4.98 Å². The van der Waals surface area contributed by atoms with Gasteiger partial charge in [-0.05, 0) is 25.6 Å². The summed E-state index contributed by atoms with van der Waals surface area (Å²) in [7, 11) is 2.18. The van der Waals surface area contributed by atoms with Crippen LogP contribution in [0, 0.1) is 0 Å². The Balaban J connectivity index is 1.76. The van der Waals surface area contributed by atoms with E-state index in [1.165, 1.54) is 5.56 Å². The van der Waals surface area contributed by atoms with E-state index < -0.39 is 0 Å². The number of aromatic nitrogens is 1. The number of nitrogens with one attached hydrogen (secondary N) is 1. The van der Waals surface area contributed by atoms with Crippen molar-refractivity contribution in [2.24, 2.45) is 0 Å². The maximum absolute atomic E-state index is 4.65. The van der Waals surface area contributed by atoms with Crippen molar-refractivity contribution < 1.29 is 0 Å². The van der Waals surface area contributed by atoms with Gasteiger partial charge in [0, 0.05) is 55.5 Å². The molecule has 1 atom stereocenters. The van der Waals surface area contributed by atoms with Crippen LogP contribution in [0.2, 0.25) is 0 Å². The average Bonchev–Trinajstić information content (AvgIpc) is 2.51. The molecule has 0 unspecified atom stereocenters. The highest BCUT2D eigenvalue weighted by atomic mass is 32.2. The summed E-state index contributed by atoms with van der Waals surface area (Å²) in [6, 6.07) is 4.88. The lowest BCUT2D eigenvalue weighted by Gasteiger charge is -2.33. The third-order valence-corrected chi connectivity index (χ3v) is 5.59. The van der Waals surface area contributed by atoms with Crippen LogP contribution in [0.5, 0.6) is 0 Å². The van der Waals surface area contributed by atoms with Gasteiger partial charge < -0.3 is 15.1 Å². The second kappa shape index (κ2) is 8.36. The molecule has 1 aromatic heterocycles. The summed E-state index contributed by atoms with van der Waals surface area (Å²) in [5.74, 6) is 2.24. The summed E-state index contributed by atoms with van der Waals surface area (Å²) in [6.07, 6.45) is 2.02. The van der Waals surface area contributed by atoms with Crippen LogP contribution in [-0.2, 0) is 6.54 Å². The minimum atomic E-state index is 0.335. The van der Waals surface area contributed by atoms with Crippen LogP contribution in [0.4, 0.5) is 5.82 Å². The van der Waals surface area contributed by atoms with Crippen molar-refractivity contribution in [3.8, 4) is 0 Å². The summed E-state index contributed by atoms with van der Waals surface area (Å²) < 4.78 is 0.335. The molecule has 2 rings (SSSR count). The Morgan fingerprint density at radius 1 is 1.22 bits per heavy atom. The molecule has 1 saturated heterocycles. The van der Waals surface area contributed by atoms with Gasteiger partial charge in [-0.15, -0.1) is 0 Å². The van der Waals surface area contributed by atoms with Crippen molar-refractivity contribution in [3.05, 3.63) is 23.9 Å². The first-order valence-corrected chi connectivity index (χ1v) is 9.58. The van der Waals surface area contributed by atoms with Gasteiger partial charge in [-0.1, -0.05) is 26.8 Å². The summed E-state index contributed by atoms with van der Waals surface area (Å²) >= 11 is 2.01. The Labute approximate surface area is 146 Å². The quantitative estimate of drug-likeness (QED) is 0.863. The molecule has 0 saturated carbocycles. The smallest absolute Gasteiger partial charge is 0.128 e. The summed E-state index contributed by atoms with van der Waals surface area (Å²) in [5.41, 5.74) is 1.26. The van der Waals surface area contributed by atoms with Crippen LogP contribution in [0.3, 0.4) is 0 Å². The summed E-state index contributed by atoms with van der Waals surface area (Å²) in [4.78, 5) is 9.39. The molecular formula is C18H32N4S. The van der Waals surface area contributed by atoms with Crippen molar-refractivity contribution in [1.29, 1.82) is 0 Å². The molecular weight excluding hydrogens is 304 g/mol. The van der Waals surface area contributed by atoms with E-state index in [1.54, 1.807) is 0 Å². The van der Waals surface area contributed by atoms with Gasteiger partial charge in [0.1, 0.15) is 5.82 Å². The molecule has 2 heterocycles. The van der Waals surface area contributed by atoms with Crippen LogP contribution in [-0.4, -0.2) is 59.7 Å². The molecule has 0 amide bonds. The third kappa shape index (κ3) is 6.69. The Kier molecular flexibility index (Phi) is 6.74. The van der Waals surface area contributed by atoms with E-state index in [2.05, 4.69) is 67.0 Å². The van der Waals surface area contributed by atoms with Gasteiger partial charge in [-0.2, -0.15) is 11.8 Å². The first-order chi connectivity index (χ1) is 10.8. The topological polar surface area (TPSA) is 31.4 Å². The fraction of sp³-hybridized carbons (Fsp3) is 0.722. The second-order valence-corrected chi connectivity index (χ2v) is 9.37. The van der Waals surface area contributed by atoms with Gasteiger partial charge in [0.15, 0.2) is 0 Å². The van der Waals surface area contributed by atoms with Crippen molar-refractivity contribution in [2.75, 3.05) is 43.9 Å². The molecule has 1 aromatic rings. The Morgan fingerprint density at radius 2 is 1.91 bits per heavy atom. The standard InChI is InChI=1S/C18H32N4S/c1-15(14-23-18(2,3)4)19-12-16-6-7-17(20-13-16)22-10-8-21(5)9-11-22/h6-7,13,15,19H,8-12,14H2,1-5H3/t15-/m1/s1. The molecule has 1 aliphatic heterocycles. The fourth-order valence-corrected chi connectivity index (χ4v) is 3.34. The number of thioether (sulfide) groups is 1. The molecule has 1 aliphatic rings. The van der Waals surface area contributed by atoms with E-state index >= 15 is 0 Å². The zero-order valence-electron chi connectivity index (χ0n) is 15.3. The van der Waals surface area contributed by atoms with Crippen molar-refractivity contribution >= 4 is 17.6 Å². The lowest BCUT2D eigenvalue weighted by atomic mass is 10.2. The van der Waals surface area contributed by atoms with Crippen LogP contribution in [0.25, 0.3) is 0 Å². The highest BCUT2D eigenvalue weighted by Gasteiger charge is 2.15. The normalized spacial score (nSPS) is 18.2. The minimum absolute atomic E-state index is 0.335. The first kappa shape index (κ1) is 18.6. The Bertz CT molecular complexity index is 461. The van der Waals surface area contributed by atoms with Gasteiger partial charge >= 0.3 is 0 Å². The Hall–Kier alpha value is -0.780. The molecule has 4 nitrogen and oxygen atoms in total. The van der Waals surface area contributed by atoms with Gasteiger partial charge in [0.25, 0.3) is 0 Å². The third-order valence-electron chi connectivity index (χ3n) is 4.06. The number of pyridine rings is 1. The minimum Gasteiger partial charge on any atom is -0.354 e.